The van der Waals surface area contributed by atoms with Gasteiger partial charge in [-0.25, -0.2) is 4.39 Å². The third kappa shape index (κ3) is 4.30. The smallest absolute Gasteiger partial charge is 0.220 e. The first-order valence-electron chi connectivity index (χ1n) is 7.26. The number of aliphatic hydroxyl groups is 1. The van der Waals surface area contributed by atoms with Gasteiger partial charge in [0.15, 0.2) is 0 Å². The van der Waals surface area contributed by atoms with Crippen molar-refractivity contribution < 1.29 is 14.3 Å². The first-order valence-corrected chi connectivity index (χ1v) is 7.26. The van der Waals surface area contributed by atoms with Crippen LogP contribution in [0.4, 0.5) is 4.39 Å². The summed E-state index contributed by atoms with van der Waals surface area (Å²) in [6.07, 6.45) is 3.29. The second-order valence-corrected chi connectivity index (χ2v) is 5.68. The van der Waals surface area contributed by atoms with Gasteiger partial charge in [-0.3, -0.25) is 4.79 Å². The maximum Gasteiger partial charge on any atom is 0.220 e. The molecule has 0 bridgehead atoms. The summed E-state index contributed by atoms with van der Waals surface area (Å²) in [4.78, 5) is 12.0. The van der Waals surface area contributed by atoms with Crippen molar-refractivity contribution in [2.75, 3.05) is 6.61 Å². The SMILES string of the molecule is CC(CC(=O)NC(CCO)C1CC1)c1ccc(F)cc1. The summed E-state index contributed by atoms with van der Waals surface area (Å²) in [5, 5.41) is 12.0. The van der Waals surface area contributed by atoms with Crippen molar-refractivity contribution >= 4 is 5.91 Å². The molecule has 2 rings (SSSR count). The fraction of sp³-hybridized carbons (Fsp3) is 0.562. The van der Waals surface area contributed by atoms with Crippen LogP contribution in [0.15, 0.2) is 24.3 Å². The fourth-order valence-electron chi connectivity index (χ4n) is 2.52. The first kappa shape index (κ1) is 15.0. The lowest BCUT2D eigenvalue weighted by molar-refractivity contribution is -0.122. The van der Waals surface area contributed by atoms with Crippen LogP contribution in [0.2, 0.25) is 0 Å². The van der Waals surface area contributed by atoms with E-state index in [4.69, 9.17) is 5.11 Å². The molecule has 1 fully saturated rings. The Balaban J connectivity index is 1.85. The molecule has 0 aromatic heterocycles. The number of benzene rings is 1. The molecule has 20 heavy (non-hydrogen) atoms. The van der Waals surface area contributed by atoms with E-state index < -0.39 is 0 Å². The molecule has 1 amide bonds. The number of hydrogen-bond donors (Lipinski definition) is 2. The molecule has 3 nitrogen and oxygen atoms in total. The Morgan fingerprint density at radius 2 is 2.05 bits per heavy atom. The largest absolute Gasteiger partial charge is 0.396 e. The van der Waals surface area contributed by atoms with E-state index in [9.17, 15) is 9.18 Å². The van der Waals surface area contributed by atoms with Crippen LogP contribution in [0.1, 0.15) is 44.1 Å². The number of rotatable bonds is 7. The highest BCUT2D eigenvalue weighted by Crippen LogP contribution is 2.34. The van der Waals surface area contributed by atoms with Crippen LogP contribution in [-0.4, -0.2) is 23.7 Å². The number of nitrogens with one attached hydrogen (secondary N) is 1. The molecule has 0 aliphatic heterocycles. The van der Waals surface area contributed by atoms with Crippen LogP contribution in [0.3, 0.4) is 0 Å². The Morgan fingerprint density at radius 1 is 1.40 bits per heavy atom. The number of halogens is 1. The highest BCUT2D eigenvalue weighted by molar-refractivity contribution is 5.77. The molecule has 2 N–H and O–H groups in total. The molecule has 1 aromatic rings. The maximum atomic E-state index is 12.9. The molecule has 1 aliphatic rings. The fourth-order valence-corrected chi connectivity index (χ4v) is 2.52. The summed E-state index contributed by atoms with van der Waals surface area (Å²) in [6, 6.07) is 6.39. The molecule has 0 radical (unpaired) electrons. The summed E-state index contributed by atoms with van der Waals surface area (Å²) < 4.78 is 12.9. The molecule has 0 saturated heterocycles. The minimum atomic E-state index is -0.262. The summed E-state index contributed by atoms with van der Waals surface area (Å²) in [6.45, 7) is 2.07. The van der Waals surface area contributed by atoms with Crippen molar-refractivity contribution in [1.82, 2.24) is 5.32 Å². The molecule has 110 valence electrons. The van der Waals surface area contributed by atoms with Gasteiger partial charge in [0.1, 0.15) is 5.82 Å². The van der Waals surface area contributed by atoms with Crippen LogP contribution in [0.25, 0.3) is 0 Å². The molecule has 2 unspecified atom stereocenters. The summed E-state index contributed by atoms with van der Waals surface area (Å²) in [5.74, 6) is 0.339. The predicted molar refractivity (Wildman–Crippen MR) is 75.8 cm³/mol. The van der Waals surface area contributed by atoms with Gasteiger partial charge in [-0.05, 0) is 48.8 Å². The number of carbonyl (C=O) groups is 1. The van der Waals surface area contributed by atoms with E-state index in [0.29, 0.717) is 18.8 Å². The van der Waals surface area contributed by atoms with E-state index in [1.54, 1.807) is 12.1 Å². The number of carbonyl (C=O) groups excluding carboxylic acids is 1. The van der Waals surface area contributed by atoms with Crippen LogP contribution in [-0.2, 0) is 4.79 Å². The van der Waals surface area contributed by atoms with Gasteiger partial charge < -0.3 is 10.4 Å². The molecular formula is C16H22FNO2. The maximum absolute atomic E-state index is 12.9. The van der Waals surface area contributed by atoms with Crippen molar-refractivity contribution in [3.63, 3.8) is 0 Å². The third-order valence-corrected chi connectivity index (χ3v) is 3.91. The summed E-state index contributed by atoms with van der Waals surface area (Å²) in [5.41, 5.74) is 0.965. The Bertz CT molecular complexity index is 442. The van der Waals surface area contributed by atoms with Crippen molar-refractivity contribution in [3.8, 4) is 0 Å². The van der Waals surface area contributed by atoms with Crippen LogP contribution in [0.5, 0.6) is 0 Å². The topological polar surface area (TPSA) is 49.3 Å². The number of hydrogen-bond acceptors (Lipinski definition) is 2. The van der Waals surface area contributed by atoms with Gasteiger partial charge in [0.05, 0.1) is 0 Å². The van der Waals surface area contributed by atoms with E-state index >= 15 is 0 Å². The molecule has 0 spiro atoms. The molecule has 4 heteroatoms. The minimum Gasteiger partial charge on any atom is -0.396 e. The van der Waals surface area contributed by atoms with Gasteiger partial charge >= 0.3 is 0 Å². The van der Waals surface area contributed by atoms with Gasteiger partial charge in [-0.15, -0.1) is 0 Å². The Labute approximate surface area is 119 Å². The molecule has 1 aromatic carbocycles. The van der Waals surface area contributed by atoms with Crippen molar-refractivity contribution in [2.24, 2.45) is 5.92 Å². The van der Waals surface area contributed by atoms with Gasteiger partial charge in [-0.2, -0.15) is 0 Å². The van der Waals surface area contributed by atoms with Crippen molar-refractivity contribution in [1.29, 1.82) is 0 Å². The monoisotopic (exact) mass is 279 g/mol. The first-order chi connectivity index (χ1) is 9.60. The van der Waals surface area contributed by atoms with E-state index in [2.05, 4.69) is 5.32 Å². The molecular weight excluding hydrogens is 257 g/mol. The Morgan fingerprint density at radius 3 is 2.60 bits per heavy atom. The quantitative estimate of drug-likeness (QED) is 0.806. The average Bonchev–Trinajstić information content (AvgIpc) is 3.23. The average molecular weight is 279 g/mol. The van der Waals surface area contributed by atoms with Crippen molar-refractivity contribution in [2.45, 2.75) is 44.6 Å². The Hall–Kier alpha value is -1.42. The van der Waals surface area contributed by atoms with Gasteiger partial charge in [0.25, 0.3) is 0 Å². The highest BCUT2D eigenvalue weighted by Gasteiger charge is 2.31. The molecule has 1 saturated carbocycles. The lowest BCUT2D eigenvalue weighted by atomic mass is 9.97. The second-order valence-electron chi connectivity index (χ2n) is 5.68. The lowest BCUT2D eigenvalue weighted by Gasteiger charge is -2.19. The van der Waals surface area contributed by atoms with E-state index in [-0.39, 0.29) is 30.3 Å². The van der Waals surface area contributed by atoms with E-state index in [1.165, 1.54) is 12.1 Å². The zero-order valence-corrected chi connectivity index (χ0v) is 11.8. The van der Waals surface area contributed by atoms with Gasteiger partial charge in [-0.1, -0.05) is 19.1 Å². The summed E-state index contributed by atoms with van der Waals surface area (Å²) >= 11 is 0. The van der Waals surface area contributed by atoms with Crippen LogP contribution < -0.4 is 5.32 Å². The van der Waals surface area contributed by atoms with E-state index in [1.807, 2.05) is 6.92 Å². The minimum absolute atomic E-state index is 0.00664. The van der Waals surface area contributed by atoms with Crippen LogP contribution >= 0.6 is 0 Å². The lowest BCUT2D eigenvalue weighted by Crippen LogP contribution is -2.37. The predicted octanol–water partition coefficient (Wildman–Crippen LogP) is 2.60. The number of aliphatic hydroxyl groups excluding tert-OH is 1. The normalized spacial score (nSPS) is 17.6. The van der Waals surface area contributed by atoms with Gasteiger partial charge in [0.2, 0.25) is 5.91 Å². The molecule has 2 atom stereocenters. The standard InChI is InChI=1S/C16H22FNO2/c1-11(12-4-6-14(17)7-5-12)10-16(20)18-15(8-9-19)13-2-3-13/h4-7,11,13,15,19H,2-3,8-10H2,1H3,(H,18,20). The zero-order chi connectivity index (χ0) is 14.5. The van der Waals surface area contributed by atoms with Gasteiger partial charge in [0, 0.05) is 19.1 Å². The molecule has 0 heterocycles. The highest BCUT2D eigenvalue weighted by atomic mass is 19.1. The second kappa shape index (κ2) is 6.84. The Kier molecular flexibility index (Phi) is 5.12. The van der Waals surface area contributed by atoms with Crippen LogP contribution in [0, 0.1) is 11.7 Å². The zero-order valence-electron chi connectivity index (χ0n) is 11.8. The number of amides is 1. The molecule has 1 aliphatic carbocycles. The van der Waals surface area contributed by atoms with Crippen molar-refractivity contribution in [3.05, 3.63) is 35.6 Å². The van der Waals surface area contributed by atoms with E-state index in [0.717, 1.165) is 18.4 Å². The third-order valence-electron chi connectivity index (χ3n) is 3.91. The summed E-state index contributed by atoms with van der Waals surface area (Å²) in [7, 11) is 0.